The minimum Gasteiger partial charge on any atom is -0.352 e. The number of fused-ring (bicyclic) bond motifs is 1. The van der Waals surface area contributed by atoms with Crippen molar-refractivity contribution in [2.24, 2.45) is 0 Å². The maximum absolute atomic E-state index is 13.5. The summed E-state index contributed by atoms with van der Waals surface area (Å²) in [4.78, 5) is 11.9. The topological polar surface area (TPSA) is 34.0 Å². The maximum Gasteiger partial charge on any atom is 0.254 e. The summed E-state index contributed by atoms with van der Waals surface area (Å²) in [6.45, 7) is 1.17. The van der Waals surface area contributed by atoms with Crippen LogP contribution in [0.5, 0.6) is 0 Å². The van der Waals surface area contributed by atoms with Crippen molar-refractivity contribution >= 4 is 16.8 Å². The van der Waals surface area contributed by atoms with Crippen molar-refractivity contribution in [2.75, 3.05) is 6.54 Å². The Balaban J connectivity index is 1.54. The molecule has 5 heteroatoms. The number of hydrogen-bond donors (Lipinski definition) is 1. The number of benzene rings is 2. The molecule has 0 radical (unpaired) electrons. The van der Waals surface area contributed by atoms with E-state index in [0.717, 1.165) is 24.2 Å². The molecule has 3 nitrogen and oxygen atoms in total. The standard InChI is InChI=1S/C18H16F2N2O/c19-14-6-7-15(16(20)12-14)18(23)21-9-3-10-22-11-8-13-4-1-2-5-17(13)22/h1-2,4-8,11-12H,3,9-10H2,(H,21,23). The zero-order chi connectivity index (χ0) is 16.2. The number of rotatable bonds is 5. The Hall–Kier alpha value is -2.69. The van der Waals surface area contributed by atoms with Gasteiger partial charge < -0.3 is 9.88 Å². The van der Waals surface area contributed by atoms with Gasteiger partial charge in [-0.05, 0) is 36.1 Å². The largest absolute Gasteiger partial charge is 0.352 e. The van der Waals surface area contributed by atoms with E-state index in [-0.39, 0.29) is 5.56 Å². The molecule has 0 bridgehead atoms. The SMILES string of the molecule is O=C(NCCCn1ccc2ccccc21)c1ccc(F)cc1F. The van der Waals surface area contributed by atoms with Crippen LogP contribution in [-0.2, 0) is 6.54 Å². The van der Waals surface area contributed by atoms with E-state index in [2.05, 4.69) is 9.88 Å². The fourth-order valence-electron chi connectivity index (χ4n) is 2.56. The lowest BCUT2D eigenvalue weighted by Gasteiger charge is -2.08. The highest BCUT2D eigenvalue weighted by atomic mass is 19.1. The summed E-state index contributed by atoms with van der Waals surface area (Å²) in [7, 11) is 0. The molecule has 0 unspecified atom stereocenters. The van der Waals surface area contributed by atoms with Crippen molar-refractivity contribution in [1.82, 2.24) is 9.88 Å². The second-order valence-corrected chi connectivity index (χ2v) is 5.30. The molecule has 0 aliphatic rings. The van der Waals surface area contributed by atoms with Gasteiger partial charge in [-0.1, -0.05) is 18.2 Å². The molecule has 0 saturated carbocycles. The van der Waals surface area contributed by atoms with E-state index in [1.54, 1.807) is 0 Å². The molecule has 0 spiro atoms. The average molecular weight is 314 g/mol. The van der Waals surface area contributed by atoms with Gasteiger partial charge >= 0.3 is 0 Å². The van der Waals surface area contributed by atoms with Gasteiger partial charge in [0, 0.05) is 30.9 Å². The van der Waals surface area contributed by atoms with E-state index < -0.39 is 17.5 Å². The predicted octanol–water partition coefficient (Wildman–Crippen LogP) is 3.74. The molecular formula is C18H16F2N2O. The van der Waals surface area contributed by atoms with Gasteiger partial charge in [0.15, 0.2) is 0 Å². The Bertz CT molecular complexity index is 842. The van der Waals surface area contributed by atoms with Crippen molar-refractivity contribution in [1.29, 1.82) is 0 Å². The van der Waals surface area contributed by atoms with Crippen LogP contribution in [0.4, 0.5) is 8.78 Å². The number of halogens is 2. The van der Waals surface area contributed by atoms with Gasteiger partial charge in [0.05, 0.1) is 5.56 Å². The first-order valence-corrected chi connectivity index (χ1v) is 7.42. The van der Waals surface area contributed by atoms with Gasteiger partial charge in [0.25, 0.3) is 5.91 Å². The normalized spacial score (nSPS) is 10.9. The average Bonchev–Trinajstić information content (AvgIpc) is 2.94. The maximum atomic E-state index is 13.5. The van der Waals surface area contributed by atoms with E-state index in [0.29, 0.717) is 19.0 Å². The van der Waals surface area contributed by atoms with Crippen LogP contribution in [0.25, 0.3) is 10.9 Å². The van der Waals surface area contributed by atoms with Gasteiger partial charge in [-0.2, -0.15) is 0 Å². The molecule has 1 heterocycles. The van der Waals surface area contributed by atoms with Crippen LogP contribution in [0.1, 0.15) is 16.8 Å². The minimum atomic E-state index is -0.848. The summed E-state index contributed by atoms with van der Waals surface area (Å²) in [5, 5.41) is 3.83. The van der Waals surface area contributed by atoms with Crippen LogP contribution < -0.4 is 5.32 Å². The number of amides is 1. The quantitative estimate of drug-likeness (QED) is 0.715. The summed E-state index contributed by atoms with van der Waals surface area (Å²) >= 11 is 0. The summed E-state index contributed by atoms with van der Waals surface area (Å²) in [5.41, 5.74) is 1.00. The summed E-state index contributed by atoms with van der Waals surface area (Å²) in [6, 6.07) is 13.0. The van der Waals surface area contributed by atoms with Gasteiger partial charge in [0.1, 0.15) is 11.6 Å². The fourth-order valence-corrected chi connectivity index (χ4v) is 2.56. The smallest absolute Gasteiger partial charge is 0.254 e. The number of nitrogens with one attached hydrogen (secondary N) is 1. The van der Waals surface area contributed by atoms with Crippen molar-refractivity contribution < 1.29 is 13.6 Å². The molecule has 0 aliphatic carbocycles. The van der Waals surface area contributed by atoms with Gasteiger partial charge in [-0.15, -0.1) is 0 Å². The number of carbonyl (C=O) groups excluding carboxylic acids is 1. The first kappa shape index (κ1) is 15.2. The molecule has 1 N–H and O–H groups in total. The Morgan fingerprint density at radius 3 is 2.74 bits per heavy atom. The Morgan fingerprint density at radius 2 is 1.91 bits per heavy atom. The van der Waals surface area contributed by atoms with Crippen molar-refractivity contribution in [3.05, 3.63) is 71.9 Å². The molecule has 118 valence electrons. The van der Waals surface area contributed by atoms with Crippen LogP contribution in [0, 0.1) is 11.6 Å². The molecule has 0 atom stereocenters. The van der Waals surface area contributed by atoms with Crippen LogP contribution in [0.15, 0.2) is 54.7 Å². The number of nitrogens with zero attached hydrogens (tertiary/aromatic N) is 1. The molecule has 2 aromatic carbocycles. The molecule has 23 heavy (non-hydrogen) atoms. The lowest BCUT2D eigenvalue weighted by Crippen LogP contribution is -2.26. The third-order valence-corrected chi connectivity index (χ3v) is 3.72. The monoisotopic (exact) mass is 314 g/mol. The lowest BCUT2D eigenvalue weighted by atomic mass is 10.2. The second-order valence-electron chi connectivity index (χ2n) is 5.30. The number of para-hydroxylation sites is 1. The number of carbonyl (C=O) groups is 1. The molecule has 1 aromatic heterocycles. The Kier molecular flexibility index (Phi) is 4.37. The Labute approximate surface area is 132 Å². The van der Waals surface area contributed by atoms with Crippen LogP contribution in [-0.4, -0.2) is 17.0 Å². The van der Waals surface area contributed by atoms with Crippen LogP contribution >= 0.6 is 0 Å². The number of aromatic nitrogens is 1. The second kappa shape index (κ2) is 6.60. The fraction of sp³-hybridized carbons (Fsp3) is 0.167. The van der Waals surface area contributed by atoms with Gasteiger partial charge in [-0.25, -0.2) is 8.78 Å². The minimum absolute atomic E-state index is 0.141. The highest BCUT2D eigenvalue weighted by molar-refractivity contribution is 5.94. The molecule has 1 amide bonds. The van der Waals surface area contributed by atoms with Gasteiger partial charge in [0.2, 0.25) is 0 Å². The van der Waals surface area contributed by atoms with Crippen molar-refractivity contribution in [3.63, 3.8) is 0 Å². The van der Waals surface area contributed by atoms with Crippen LogP contribution in [0.3, 0.4) is 0 Å². The number of hydrogen-bond acceptors (Lipinski definition) is 1. The molecular weight excluding hydrogens is 298 g/mol. The third-order valence-electron chi connectivity index (χ3n) is 3.72. The molecule has 3 rings (SSSR count). The highest BCUT2D eigenvalue weighted by Gasteiger charge is 2.11. The zero-order valence-corrected chi connectivity index (χ0v) is 12.4. The predicted molar refractivity (Wildman–Crippen MR) is 85.2 cm³/mol. The van der Waals surface area contributed by atoms with Crippen molar-refractivity contribution in [2.45, 2.75) is 13.0 Å². The molecule has 0 saturated heterocycles. The van der Waals surface area contributed by atoms with E-state index in [4.69, 9.17) is 0 Å². The zero-order valence-electron chi connectivity index (χ0n) is 12.4. The first-order chi connectivity index (χ1) is 11.1. The van der Waals surface area contributed by atoms with Gasteiger partial charge in [-0.3, -0.25) is 4.79 Å². The van der Waals surface area contributed by atoms with E-state index in [1.165, 1.54) is 5.39 Å². The highest BCUT2D eigenvalue weighted by Crippen LogP contribution is 2.15. The summed E-state index contributed by atoms with van der Waals surface area (Å²) < 4.78 is 28.4. The molecule has 0 aliphatic heterocycles. The van der Waals surface area contributed by atoms with E-state index >= 15 is 0 Å². The molecule has 0 fully saturated rings. The number of aryl methyl sites for hydroxylation is 1. The van der Waals surface area contributed by atoms with E-state index in [9.17, 15) is 13.6 Å². The van der Waals surface area contributed by atoms with Crippen molar-refractivity contribution in [3.8, 4) is 0 Å². The summed E-state index contributed by atoms with van der Waals surface area (Å²) in [6.07, 6.45) is 2.72. The summed E-state index contributed by atoms with van der Waals surface area (Å²) in [5.74, 6) is -2.07. The van der Waals surface area contributed by atoms with E-state index in [1.807, 2.05) is 36.5 Å². The Morgan fingerprint density at radius 1 is 1.09 bits per heavy atom. The molecule has 3 aromatic rings. The van der Waals surface area contributed by atoms with Crippen LogP contribution in [0.2, 0.25) is 0 Å². The third kappa shape index (κ3) is 3.39. The first-order valence-electron chi connectivity index (χ1n) is 7.42. The lowest BCUT2D eigenvalue weighted by molar-refractivity contribution is 0.0948.